The molecule has 112 valence electrons. The van der Waals surface area contributed by atoms with Gasteiger partial charge in [0.1, 0.15) is 0 Å². The van der Waals surface area contributed by atoms with Crippen molar-refractivity contribution in [3.05, 3.63) is 24.5 Å². The van der Waals surface area contributed by atoms with Gasteiger partial charge < -0.3 is 15.1 Å². The maximum Gasteiger partial charge on any atom is 0.321 e. The van der Waals surface area contributed by atoms with Crippen molar-refractivity contribution in [3.8, 4) is 0 Å². The van der Waals surface area contributed by atoms with Crippen LogP contribution < -0.4 is 5.32 Å². The molecule has 2 fully saturated rings. The molecule has 3 rings (SSSR count). The third-order valence-electron chi connectivity index (χ3n) is 3.95. The predicted molar refractivity (Wildman–Crippen MR) is 78.7 cm³/mol. The van der Waals surface area contributed by atoms with Gasteiger partial charge in [-0.25, -0.2) is 4.79 Å². The number of carbonyl (C=O) groups excluding carboxylic acids is 2. The molecule has 1 aromatic heterocycles. The molecular formula is C15H20N4O2. The van der Waals surface area contributed by atoms with Crippen molar-refractivity contribution < 1.29 is 9.59 Å². The van der Waals surface area contributed by atoms with Crippen LogP contribution in [0.3, 0.4) is 0 Å². The lowest BCUT2D eigenvalue weighted by Crippen LogP contribution is -2.39. The average molecular weight is 288 g/mol. The molecule has 0 atom stereocenters. The van der Waals surface area contributed by atoms with Crippen LogP contribution in [0.4, 0.5) is 10.5 Å². The molecule has 0 unspecified atom stereocenters. The van der Waals surface area contributed by atoms with Crippen LogP contribution in [0.2, 0.25) is 0 Å². The molecule has 0 aromatic carbocycles. The smallest absolute Gasteiger partial charge is 0.321 e. The van der Waals surface area contributed by atoms with Crippen LogP contribution in [0.1, 0.15) is 19.3 Å². The third-order valence-corrected chi connectivity index (χ3v) is 3.95. The molecule has 0 radical (unpaired) electrons. The Labute approximate surface area is 124 Å². The Morgan fingerprint density at radius 3 is 2.43 bits per heavy atom. The Kier molecular flexibility index (Phi) is 4.03. The van der Waals surface area contributed by atoms with E-state index >= 15 is 0 Å². The molecule has 2 aliphatic rings. The van der Waals surface area contributed by atoms with E-state index in [9.17, 15) is 9.59 Å². The monoisotopic (exact) mass is 288 g/mol. The number of carbonyl (C=O) groups is 2. The summed E-state index contributed by atoms with van der Waals surface area (Å²) in [5.74, 6) is 0.522. The summed E-state index contributed by atoms with van der Waals surface area (Å²) in [7, 11) is 0. The van der Waals surface area contributed by atoms with Crippen LogP contribution in [0.5, 0.6) is 0 Å². The van der Waals surface area contributed by atoms with Crippen LogP contribution >= 0.6 is 0 Å². The van der Waals surface area contributed by atoms with E-state index in [1.807, 2.05) is 4.90 Å². The highest BCUT2D eigenvalue weighted by atomic mass is 16.2. The van der Waals surface area contributed by atoms with Crippen LogP contribution in [0, 0.1) is 5.92 Å². The number of anilines is 1. The molecule has 0 spiro atoms. The number of urea groups is 1. The fraction of sp³-hybridized carbons (Fsp3) is 0.533. The van der Waals surface area contributed by atoms with Gasteiger partial charge in [0, 0.05) is 50.2 Å². The summed E-state index contributed by atoms with van der Waals surface area (Å²) in [4.78, 5) is 31.9. The van der Waals surface area contributed by atoms with Gasteiger partial charge in [-0.05, 0) is 31.4 Å². The van der Waals surface area contributed by atoms with Crippen molar-refractivity contribution in [2.45, 2.75) is 19.3 Å². The first-order valence-electron chi connectivity index (χ1n) is 7.49. The molecule has 1 aromatic rings. The highest BCUT2D eigenvalue weighted by Gasteiger charge is 2.34. The molecule has 6 nitrogen and oxygen atoms in total. The van der Waals surface area contributed by atoms with E-state index in [2.05, 4.69) is 10.3 Å². The van der Waals surface area contributed by atoms with E-state index in [1.54, 1.807) is 29.4 Å². The van der Waals surface area contributed by atoms with E-state index in [1.165, 1.54) is 0 Å². The van der Waals surface area contributed by atoms with Gasteiger partial charge in [0.15, 0.2) is 0 Å². The second-order valence-electron chi connectivity index (χ2n) is 5.61. The molecule has 1 saturated carbocycles. The largest absolute Gasteiger partial charge is 0.341 e. The molecule has 6 heteroatoms. The number of amides is 3. The summed E-state index contributed by atoms with van der Waals surface area (Å²) in [6.45, 7) is 2.67. The number of aromatic nitrogens is 1. The van der Waals surface area contributed by atoms with Gasteiger partial charge in [-0.3, -0.25) is 9.78 Å². The second-order valence-corrected chi connectivity index (χ2v) is 5.61. The summed E-state index contributed by atoms with van der Waals surface area (Å²) in [5, 5.41) is 2.86. The van der Waals surface area contributed by atoms with Gasteiger partial charge in [0.25, 0.3) is 0 Å². The molecule has 3 amide bonds. The fourth-order valence-corrected chi connectivity index (χ4v) is 2.57. The summed E-state index contributed by atoms with van der Waals surface area (Å²) in [6, 6.07) is 3.42. The zero-order valence-electron chi connectivity index (χ0n) is 12.0. The van der Waals surface area contributed by atoms with Crippen LogP contribution in [-0.2, 0) is 4.79 Å². The summed E-state index contributed by atoms with van der Waals surface area (Å²) in [5.41, 5.74) is 0.741. The normalized spacial score (nSPS) is 19.0. The fourth-order valence-electron chi connectivity index (χ4n) is 2.57. The van der Waals surface area contributed by atoms with Gasteiger partial charge in [-0.15, -0.1) is 0 Å². The number of hydrogen-bond donors (Lipinski definition) is 1. The van der Waals surface area contributed by atoms with Crippen LogP contribution in [0.25, 0.3) is 0 Å². The van der Waals surface area contributed by atoms with Crippen molar-refractivity contribution >= 4 is 17.6 Å². The first kappa shape index (κ1) is 13.9. The maximum atomic E-state index is 12.2. The van der Waals surface area contributed by atoms with E-state index in [-0.39, 0.29) is 17.9 Å². The maximum absolute atomic E-state index is 12.2. The summed E-state index contributed by atoms with van der Waals surface area (Å²) < 4.78 is 0. The molecule has 0 bridgehead atoms. The standard InChI is InChI=1S/C15H20N4O2/c20-14(12-2-3-12)18-8-1-9-19(11-10-18)15(21)17-13-4-6-16-7-5-13/h4-7,12H,1-3,8-11H2,(H,16,17,21). The number of hydrogen-bond acceptors (Lipinski definition) is 3. The molecule has 2 heterocycles. The Morgan fingerprint density at radius 1 is 1.05 bits per heavy atom. The highest BCUT2D eigenvalue weighted by molar-refractivity contribution is 5.89. The second kappa shape index (κ2) is 6.11. The van der Waals surface area contributed by atoms with E-state index < -0.39 is 0 Å². The Bertz CT molecular complexity index is 516. The van der Waals surface area contributed by atoms with E-state index in [0.717, 1.165) is 31.5 Å². The molecule has 1 aliphatic heterocycles. The van der Waals surface area contributed by atoms with Crippen molar-refractivity contribution in [3.63, 3.8) is 0 Å². The minimum atomic E-state index is -0.109. The lowest BCUT2D eigenvalue weighted by molar-refractivity contribution is -0.132. The number of nitrogens with zero attached hydrogens (tertiary/aromatic N) is 3. The van der Waals surface area contributed by atoms with Gasteiger partial charge in [-0.2, -0.15) is 0 Å². The number of nitrogens with one attached hydrogen (secondary N) is 1. The first-order chi connectivity index (χ1) is 10.2. The lowest BCUT2D eigenvalue weighted by atomic mass is 10.3. The third kappa shape index (κ3) is 3.51. The SMILES string of the molecule is O=C(Nc1ccncc1)N1CCCN(C(=O)C2CC2)CC1. The molecule has 1 aliphatic carbocycles. The minimum absolute atomic E-state index is 0.109. The summed E-state index contributed by atoms with van der Waals surface area (Å²) >= 11 is 0. The quantitative estimate of drug-likeness (QED) is 0.898. The average Bonchev–Trinajstić information content (AvgIpc) is 3.34. The Balaban J connectivity index is 1.54. The van der Waals surface area contributed by atoms with Crippen molar-refractivity contribution in [2.75, 3.05) is 31.5 Å². The molecule has 1 N–H and O–H groups in total. The van der Waals surface area contributed by atoms with Crippen LogP contribution in [0.15, 0.2) is 24.5 Å². The predicted octanol–water partition coefficient (Wildman–Crippen LogP) is 1.56. The zero-order valence-corrected chi connectivity index (χ0v) is 12.0. The summed E-state index contributed by atoms with van der Waals surface area (Å²) in [6.07, 6.45) is 6.19. The van der Waals surface area contributed by atoms with E-state index in [0.29, 0.717) is 19.6 Å². The zero-order chi connectivity index (χ0) is 14.7. The molecule has 1 saturated heterocycles. The Morgan fingerprint density at radius 2 is 1.71 bits per heavy atom. The van der Waals surface area contributed by atoms with Gasteiger partial charge in [0.05, 0.1) is 0 Å². The van der Waals surface area contributed by atoms with Crippen molar-refractivity contribution in [2.24, 2.45) is 5.92 Å². The van der Waals surface area contributed by atoms with Gasteiger partial charge >= 0.3 is 6.03 Å². The number of pyridine rings is 1. The van der Waals surface area contributed by atoms with E-state index in [4.69, 9.17) is 0 Å². The lowest BCUT2D eigenvalue weighted by Gasteiger charge is -2.22. The number of rotatable bonds is 2. The topological polar surface area (TPSA) is 65.5 Å². The molecular weight excluding hydrogens is 268 g/mol. The van der Waals surface area contributed by atoms with Crippen molar-refractivity contribution in [1.82, 2.24) is 14.8 Å². The van der Waals surface area contributed by atoms with Gasteiger partial charge in [0.2, 0.25) is 5.91 Å². The minimum Gasteiger partial charge on any atom is -0.341 e. The Hall–Kier alpha value is -2.11. The molecule has 21 heavy (non-hydrogen) atoms. The van der Waals surface area contributed by atoms with Crippen molar-refractivity contribution in [1.29, 1.82) is 0 Å². The highest BCUT2D eigenvalue weighted by Crippen LogP contribution is 2.31. The van der Waals surface area contributed by atoms with Crippen LogP contribution in [-0.4, -0.2) is 52.9 Å². The van der Waals surface area contributed by atoms with Gasteiger partial charge in [-0.1, -0.05) is 0 Å². The first-order valence-corrected chi connectivity index (χ1v) is 7.49.